The summed E-state index contributed by atoms with van der Waals surface area (Å²) < 4.78 is 13.1. The predicted octanol–water partition coefficient (Wildman–Crippen LogP) is 6.85. The maximum Gasteiger partial charge on any atom is 0.123 e. The van der Waals surface area contributed by atoms with E-state index in [1.807, 2.05) is 18.2 Å². The maximum absolute atomic E-state index is 13.1. The molecular formula is C26H25F. The third kappa shape index (κ3) is 4.29. The Morgan fingerprint density at radius 3 is 2.04 bits per heavy atom. The molecule has 1 fully saturated rings. The van der Waals surface area contributed by atoms with E-state index in [0.717, 1.165) is 43.2 Å². The minimum atomic E-state index is -0.198. The minimum Gasteiger partial charge on any atom is -0.207 e. The van der Waals surface area contributed by atoms with Gasteiger partial charge in [0.1, 0.15) is 5.82 Å². The summed E-state index contributed by atoms with van der Waals surface area (Å²) in [5.41, 5.74) is 12.4. The molecule has 3 rings (SSSR count). The molecule has 0 heterocycles. The van der Waals surface area contributed by atoms with Crippen LogP contribution in [0.5, 0.6) is 0 Å². The van der Waals surface area contributed by atoms with Gasteiger partial charge in [-0.3, -0.25) is 0 Å². The van der Waals surface area contributed by atoms with E-state index in [-0.39, 0.29) is 11.2 Å². The predicted molar refractivity (Wildman–Crippen MR) is 112 cm³/mol. The number of hydrogen-bond acceptors (Lipinski definition) is 0. The van der Waals surface area contributed by atoms with E-state index < -0.39 is 0 Å². The van der Waals surface area contributed by atoms with Crippen LogP contribution in [-0.2, 0) is 12.8 Å². The Kier molecular flexibility index (Phi) is 5.77. The molecule has 1 aliphatic carbocycles. The highest BCUT2D eigenvalue weighted by Crippen LogP contribution is 2.58. The van der Waals surface area contributed by atoms with Gasteiger partial charge in [-0.25, -0.2) is 4.39 Å². The Morgan fingerprint density at radius 2 is 1.52 bits per heavy atom. The van der Waals surface area contributed by atoms with Crippen LogP contribution >= 0.6 is 0 Å². The van der Waals surface area contributed by atoms with Crippen molar-refractivity contribution in [3.05, 3.63) is 113 Å². The molecule has 27 heavy (non-hydrogen) atoms. The summed E-state index contributed by atoms with van der Waals surface area (Å²) >= 11 is 0. The van der Waals surface area contributed by atoms with Gasteiger partial charge in [0.2, 0.25) is 0 Å². The van der Waals surface area contributed by atoms with Gasteiger partial charge in [0.25, 0.3) is 0 Å². The summed E-state index contributed by atoms with van der Waals surface area (Å²) in [6.07, 6.45) is 6.61. The fourth-order valence-corrected chi connectivity index (χ4v) is 3.70. The molecular weight excluding hydrogens is 331 g/mol. The van der Waals surface area contributed by atoms with Gasteiger partial charge in [-0.1, -0.05) is 62.2 Å². The monoisotopic (exact) mass is 356 g/mol. The Morgan fingerprint density at radius 1 is 0.926 bits per heavy atom. The normalized spacial score (nSPS) is 14.0. The topological polar surface area (TPSA) is 0 Å². The van der Waals surface area contributed by atoms with Gasteiger partial charge in [0.15, 0.2) is 0 Å². The van der Waals surface area contributed by atoms with Gasteiger partial charge in [0.05, 0.1) is 0 Å². The van der Waals surface area contributed by atoms with Crippen molar-refractivity contribution in [1.82, 2.24) is 0 Å². The van der Waals surface area contributed by atoms with E-state index in [9.17, 15) is 4.39 Å². The summed E-state index contributed by atoms with van der Waals surface area (Å²) in [6, 6.07) is 15.2. The summed E-state index contributed by atoms with van der Waals surface area (Å²) in [7, 11) is 0. The largest absolute Gasteiger partial charge is 0.207 e. The lowest BCUT2D eigenvalue weighted by atomic mass is 9.82. The first-order chi connectivity index (χ1) is 13.1. The van der Waals surface area contributed by atoms with Crippen LogP contribution in [-0.4, -0.2) is 0 Å². The van der Waals surface area contributed by atoms with Crippen molar-refractivity contribution in [1.29, 1.82) is 0 Å². The highest BCUT2D eigenvalue weighted by Gasteiger charge is 2.48. The molecule has 1 heteroatoms. The quantitative estimate of drug-likeness (QED) is 0.454. The van der Waals surface area contributed by atoms with E-state index in [4.69, 9.17) is 0 Å². The molecule has 1 saturated carbocycles. The minimum absolute atomic E-state index is 0.000634. The highest BCUT2D eigenvalue weighted by atomic mass is 19.1. The standard InChI is InChI=1S/C26H25F/c1-4-20-7-9-22(10-8-20)19-24(6-3)26(17-18-26)23(5-2)14-11-21-12-15-25(27)16-13-21/h4,7-10,12-13,15-16H,1-3,11,14,17-19H2. The van der Waals surface area contributed by atoms with Crippen molar-refractivity contribution >= 4 is 6.08 Å². The molecule has 2 aromatic carbocycles. The maximum atomic E-state index is 13.1. The second kappa shape index (κ2) is 8.23. The molecule has 0 nitrogen and oxygen atoms in total. The Bertz CT molecular complexity index is 911. The second-order valence-corrected chi connectivity index (χ2v) is 7.14. The number of benzene rings is 2. The summed E-state index contributed by atoms with van der Waals surface area (Å²) in [6.45, 7) is 11.7. The summed E-state index contributed by atoms with van der Waals surface area (Å²) in [5, 5.41) is 0. The molecule has 0 atom stereocenters. The molecule has 0 radical (unpaired) electrons. The number of halogens is 1. The van der Waals surface area contributed by atoms with E-state index in [2.05, 4.69) is 55.5 Å². The molecule has 0 bridgehead atoms. The zero-order valence-electron chi connectivity index (χ0n) is 15.7. The Hall–Kier alpha value is -2.85. The smallest absolute Gasteiger partial charge is 0.123 e. The molecule has 2 aromatic rings. The molecule has 0 aliphatic heterocycles. The van der Waals surface area contributed by atoms with Gasteiger partial charge < -0.3 is 0 Å². The Balaban J connectivity index is 1.73. The van der Waals surface area contributed by atoms with Crippen LogP contribution in [0.3, 0.4) is 0 Å². The second-order valence-electron chi connectivity index (χ2n) is 7.14. The molecule has 0 aromatic heterocycles. The molecule has 0 amide bonds. The lowest BCUT2D eigenvalue weighted by Crippen LogP contribution is -2.11. The average molecular weight is 356 g/mol. The first kappa shape index (κ1) is 18.9. The van der Waals surface area contributed by atoms with Crippen molar-refractivity contribution < 1.29 is 4.39 Å². The number of allylic oxidation sites excluding steroid dienone is 2. The van der Waals surface area contributed by atoms with Gasteiger partial charge in [0, 0.05) is 11.8 Å². The van der Waals surface area contributed by atoms with Gasteiger partial charge in [-0.2, -0.15) is 0 Å². The van der Waals surface area contributed by atoms with Crippen molar-refractivity contribution in [3.8, 4) is 0 Å². The van der Waals surface area contributed by atoms with Gasteiger partial charge >= 0.3 is 0 Å². The zero-order chi connectivity index (χ0) is 19.3. The van der Waals surface area contributed by atoms with Crippen LogP contribution in [0.15, 0.2) is 90.9 Å². The summed E-state index contributed by atoms with van der Waals surface area (Å²) in [5.74, 6) is -0.198. The van der Waals surface area contributed by atoms with E-state index in [1.54, 1.807) is 0 Å². The fourth-order valence-electron chi connectivity index (χ4n) is 3.70. The first-order valence-corrected chi connectivity index (χ1v) is 9.36. The van der Waals surface area contributed by atoms with E-state index in [0.29, 0.717) is 0 Å². The third-order valence-electron chi connectivity index (χ3n) is 5.51. The molecule has 0 spiro atoms. The zero-order valence-corrected chi connectivity index (χ0v) is 15.7. The van der Waals surface area contributed by atoms with E-state index >= 15 is 0 Å². The van der Waals surface area contributed by atoms with Crippen LogP contribution in [0.1, 0.15) is 36.0 Å². The van der Waals surface area contributed by atoms with Crippen molar-refractivity contribution in [2.75, 3.05) is 0 Å². The molecule has 1 aliphatic rings. The lowest BCUT2D eigenvalue weighted by molar-refractivity contribution is 0.626. The van der Waals surface area contributed by atoms with E-state index in [1.165, 1.54) is 28.8 Å². The number of rotatable bonds is 8. The first-order valence-electron chi connectivity index (χ1n) is 9.36. The van der Waals surface area contributed by atoms with Crippen molar-refractivity contribution in [3.63, 3.8) is 0 Å². The Labute approximate surface area is 161 Å². The van der Waals surface area contributed by atoms with Crippen LogP contribution in [0.25, 0.3) is 6.08 Å². The van der Waals surface area contributed by atoms with Crippen LogP contribution in [0.4, 0.5) is 4.39 Å². The molecule has 0 unspecified atom stereocenters. The molecule has 136 valence electrons. The molecule has 0 N–H and O–H groups in total. The fraction of sp³-hybridized carbons (Fsp3) is 0.231. The molecule has 0 saturated heterocycles. The van der Waals surface area contributed by atoms with Crippen LogP contribution in [0.2, 0.25) is 0 Å². The van der Waals surface area contributed by atoms with Crippen molar-refractivity contribution in [2.24, 2.45) is 5.41 Å². The number of hydrogen-bond donors (Lipinski definition) is 0. The van der Waals surface area contributed by atoms with Crippen molar-refractivity contribution in [2.45, 2.75) is 32.1 Å². The number of aryl methyl sites for hydroxylation is 1. The third-order valence-corrected chi connectivity index (χ3v) is 5.51. The van der Waals surface area contributed by atoms with Crippen LogP contribution in [0, 0.1) is 11.2 Å². The summed E-state index contributed by atoms with van der Waals surface area (Å²) in [4.78, 5) is 0. The van der Waals surface area contributed by atoms with Crippen LogP contribution < -0.4 is 0 Å². The SMILES string of the molecule is C=C=C(CCc1ccc(F)cc1)C1(C(=C=C)Cc2ccc(C=C)cc2)CC1. The highest BCUT2D eigenvalue weighted by molar-refractivity contribution is 5.48. The average Bonchev–Trinajstić information content (AvgIpc) is 3.50. The lowest BCUT2D eigenvalue weighted by Gasteiger charge is -2.21. The van der Waals surface area contributed by atoms with Gasteiger partial charge in [-0.05, 0) is 65.7 Å². The van der Waals surface area contributed by atoms with Gasteiger partial charge in [-0.15, -0.1) is 11.5 Å².